The Morgan fingerprint density at radius 1 is 1.33 bits per heavy atom. The van der Waals surface area contributed by atoms with Gasteiger partial charge in [0.25, 0.3) is 0 Å². The van der Waals surface area contributed by atoms with E-state index in [0.29, 0.717) is 0 Å². The van der Waals surface area contributed by atoms with Crippen LogP contribution in [0.1, 0.15) is 0 Å². The third kappa shape index (κ3) is 3.34. The van der Waals surface area contributed by atoms with Crippen LogP contribution >= 0.6 is 0 Å². The van der Waals surface area contributed by atoms with Crippen molar-refractivity contribution in [3.05, 3.63) is 6.61 Å². The van der Waals surface area contributed by atoms with Crippen molar-refractivity contribution in [2.45, 2.75) is 24.4 Å². The van der Waals surface area contributed by atoms with Crippen molar-refractivity contribution in [3.8, 4) is 0 Å². The first-order valence-electron chi connectivity index (χ1n) is 4.05. The molecule has 8 nitrogen and oxygen atoms in total. The largest absolute Gasteiger partial charge is 0.394 e. The quantitative estimate of drug-likeness (QED) is 0.333. The van der Waals surface area contributed by atoms with Crippen molar-refractivity contribution < 1.29 is 33.0 Å². The minimum absolute atomic E-state index is 0.521. The lowest BCUT2D eigenvalue weighted by Gasteiger charge is -2.35. The standard InChI is InChI=1S/C6H12NO7S/c8-1-4-6(10)5(9)3(2-14-4)7-15(11,12)13/h2-10H,1H2,(H,11,12,13)/t3-,4+,5+,6+/m0/s1. The van der Waals surface area contributed by atoms with Gasteiger partial charge in [0.2, 0.25) is 0 Å². The fraction of sp³-hybridized carbons (Fsp3) is 0.833. The predicted octanol–water partition coefficient (Wildman–Crippen LogP) is -2.98. The Bertz CT molecular complexity index is 305. The summed E-state index contributed by atoms with van der Waals surface area (Å²) in [6, 6.07) is -1.27. The molecule has 0 aromatic rings. The molecule has 1 fully saturated rings. The third-order valence-electron chi connectivity index (χ3n) is 1.96. The Kier molecular flexibility index (Phi) is 4.00. The van der Waals surface area contributed by atoms with Crippen molar-refractivity contribution in [3.63, 3.8) is 0 Å². The molecule has 0 aliphatic carbocycles. The second kappa shape index (κ2) is 4.70. The van der Waals surface area contributed by atoms with E-state index < -0.39 is 41.3 Å². The van der Waals surface area contributed by atoms with Crippen molar-refractivity contribution in [2.24, 2.45) is 0 Å². The summed E-state index contributed by atoms with van der Waals surface area (Å²) in [4.78, 5) is 0. The van der Waals surface area contributed by atoms with Gasteiger partial charge in [-0.15, -0.1) is 0 Å². The lowest BCUT2D eigenvalue weighted by Crippen LogP contribution is -2.57. The molecule has 0 aromatic heterocycles. The molecule has 0 amide bonds. The van der Waals surface area contributed by atoms with E-state index in [-0.39, 0.29) is 0 Å². The molecule has 0 aromatic carbocycles. The molecule has 1 rings (SSSR count). The molecule has 1 heterocycles. The summed E-state index contributed by atoms with van der Waals surface area (Å²) < 4.78 is 35.7. The molecular weight excluding hydrogens is 230 g/mol. The highest BCUT2D eigenvalue weighted by atomic mass is 32.2. The summed E-state index contributed by atoms with van der Waals surface area (Å²) >= 11 is 0. The van der Waals surface area contributed by atoms with Crippen molar-refractivity contribution >= 4 is 10.3 Å². The number of nitrogens with one attached hydrogen (secondary N) is 1. The Hall–Kier alpha value is -0.290. The Labute approximate surface area is 86.4 Å². The van der Waals surface area contributed by atoms with Crippen LogP contribution in [0.2, 0.25) is 0 Å². The molecule has 0 bridgehead atoms. The van der Waals surface area contributed by atoms with E-state index in [1.54, 1.807) is 4.72 Å². The van der Waals surface area contributed by atoms with Gasteiger partial charge in [-0.25, -0.2) is 0 Å². The highest BCUT2D eigenvalue weighted by Gasteiger charge is 2.39. The van der Waals surface area contributed by atoms with Gasteiger partial charge >= 0.3 is 10.3 Å². The summed E-state index contributed by atoms with van der Waals surface area (Å²) in [6.45, 7) is 0.374. The summed E-state index contributed by atoms with van der Waals surface area (Å²) in [5, 5.41) is 27.4. The molecule has 89 valence electrons. The number of aliphatic hydroxyl groups excluding tert-OH is 3. The van der Waals surface area contributed by atoms with Gasteiger partial charge < -0.3 is 20.1 Å². The van der Waals surface area contributed by atoms with Crippen LogP contribution in [0.25, 0.3) is 0 Å². The molecule has 9 heteroatoms. The normalized spacial score (nSPS) is 37.9. The third-order valence-corrected chi connectivity index (χ3v) is 2.53. The second-order valence-corrected chi connectivity index (χ2v) is 4.28. The number of ether oxygens (including phenoxy) is 1. The van der Waals surface area contributed by atoms with E-state index in [4.69, 9.17) is 14.4 Å². The molecule has 4 atom stereocenters. The lowest BCUT2D eigenvalue weighted by molar-refractivity contribution is -0.135. The fourth-order valence-electron chi connectivity index (χ4n) is 1.20. The molecular formula is C6H12NO7S. The van der Waals surface area contributed by atoms with Gasteiger partial charge in [-0.3, -0.25) is 4.55 Å². The van der Waals surface area contributed by atoms with Gasteiger partial charge in [-0.1, -0.05) is 0 Å². The van der Waals surface area contributed by atoms with Gasteiger partial charge in [-0.2, -0.15) is 13.1 Å². The molecule has 1 aliphatic rings. The molecule has 1 aliphatic heterocycles. The number of hydrogen-bond donors (Lipinski definition) is 5. The molecule has 1 saturated heterocycles. The van der Waals surface area contributed by atoms with Crippen LogP contribution in [0.5, 0.6) is 0 Å². The number of aliphatic hydroxyl groups is 3. The van der Waals surface area contributed by atoms with E-state index in [9.17, 15) is 18.6 Å². The van der Waals surface area contributed by atoms with Crippen LogP contribution in [0.3, 0.4) is 0 Å². The highest BCUT2D eigenvalue weighted by Crippen LogP contribution is 2.18. The minimum Gasteiger partial charge on any atom is -0.394 e. The molecule has 5 N–H and O–H groups in total. The monoisotopic (exact) mass is 242 g/mol. The van der Waals surface area contributed by atoms with Crippen LogP contribution < -0.4 is 4.72 Å². The average Bonchev–Trinajstić information content (AvgIpc) is 2.11. The van der Waals surface area contributed by atoms with Gasteiger partial charge in [0.05, 0.1) is 12.6 Å². The van der Waals surface area contributed by atoms with Gasteiger partial charge in [0.1, 0.15) is 24.9 Å². The lowest BCUT2D eigenvalue weighted by atomic mass is 9.99. The maximum Gasteiger partial charge on any atom is 0.333 e. The van der Waals surface area contributed by atoms with E-state index >= 15 is 0 Å². The van der Waals surface area contributed by atoms with E-state index in [0.717, 1.165) is 6.61 Å². The molecule has 0 spiro atoms. The number of hydrogen-bond acceptors (Lipinski definition) is 6. The SMILES string of the molecule is O=S(=O)(O)N[C@H]1[CH]O[C@H](CO)[C@@H](O)[C@@H]1O. The van der Waals surface area contributed by atoms with Crippen molar-refractivity contribution in [2.75, 3.05) is 6.61 Å². The molecule has 15 heavy (non-hydrogen) atoms. The number of rotatable bonds is 3. The Balaban J connectivity index is 2.64. The fourth-order valence-corrected chi connectivity index (χ4v) is 1.74. The zero-order chi connectivity index (χ0) is 11.6. The zero-order valence-corrected chi connectivity index (χ0v) is 8.33. The first kappa shape index (κ1) is 12.8. The van der Waals surface area contributed by atoms with Crippen molar-refractivity contribution in [1.82, 2.24) is 4.72 Å². The molecule has 0 saturated carbocycles. The van der Waals surface area contributed by atoms with E-state index in [1.807, 2.05) is 0 Å². The molecule has 1 radical (unpaired) electrons. The first-order valence-corrected chi connectivity index (χ1v) is 5.49. The predicted molar refractivity (Wildman–Crippen MR) is 46.7 cm³/mol. The summed E-state index contributed by atoms with van der Waals surface area (Å²) in [7, 11) is -4.50. The maximum absolute atomic E-state index is 10.4. The van der Waals surface area contributed by atoms with Gasteiger partial charge in [0, 0.05) is 0 Å². The van der Waals surface area contributed by atoms with Crippen LogP contribution in [0, 0.1) is 6.61 Å². The summed E-state index contributed by atoms with van der Waals surface area (Å²) in [6.07, 6.45) is -3.96. The summed E-state index contributed by atoms with van der Waals surface area (Å²) in [5.41, 5.74) is 0. The van der Waals surface area contributed by atoms with Crippen LogP contribution in [0.15, 0.2) is 0 Å². The van der Waals surface area contributed by atoms with Crippen LogP contribution in [0.4, 0.5) is 0 Å². The summed E-state index contributed by atoms with van der Waals surface area (Å²) in [5.74, 6) is 0. The zero-order valence-electron chi connectivity index (χ0n) is 7.52. The van der Waals surface area contributed by atoms with E-state index in [1.165, 1.54) is 0 Å². The van der Waals surface area contributed by atoms with Crippen LogP contribution in [-0.2, 0) is 15.0 Å². The highest BCUT2D eigenvalue weighted by molar-refractivity contribution is 7.83. The van der Waals surface area contributed by atoms with Crippen LogP contribution in [-0.4, -0.2) is 59.3 Å². The Morgan fingerprint density at radius 3 is 2.40 bits per heavy atom. The maximum atomic E-state index is 10.4. The Morgan fingerprint density at radius 2 is 1.93 bits per heavy atom. The average molecular weight is 242 g/mol. The first-order chi connectivity index (χ1) is 6.85. The van der Waals surface area contributed by atoms with Gasteiger partial charge in [-0.05, 0) is 0 Å². The smallest absolute Gasteiger partial charge is 0.333 e. The van der Waals surface area contributed by atoms with Crippen molar-refractivity contribution in [1.29, 1.82) is 0 Å². The molecule has 0 unspecified atom stereocenters. The topological polar surface area (TPSA) is 136 Å². The van der Waals surface area contributed by atoms with E-state index in [2.05, 4.69) is 0 Å². The van der Waals surface area contributed by atoms with Gasteiger partial charge in [0.15, 0.2) is 0 Å². The minimum atomic E-state index is -4.50. The second-order valence-electron chi connectivity index (χ2n) is 3.09.